The summed E-state index contributed by atoms with van der Waals surface area (Å²) in [5.74, 6) is 0.865. The van der Waals surface area contributed by atoms with Crippen molar-refractivity contribution in [3.63, 3.8) is 0 Å². The standard InChI is InChI=1S/C16H28N2O2/c1-6-19-10-7-11-20-15-9-8-13(2)18-14(15)12-17-16(3,4)5/h8-9,17H,6-7,10-12H2,1-5H3. The Morgan fingerprint density at radius 1 is 1.20 bits per heavy atom. The van der Waals surface area contributed by atoms with Gasteiger partial charge in [0.1, 0.15) is 5.75 Å². The Balaban J connectivity index is 2.56. The summed E-state index contributed by atoms with van der Waals surface area (Å²) in [6, 6.07) is 3.99. The largest absolute Gasteiger partial charge is 0.492 e. The molecule has 0 aliphatic rings. The van der Waals surface area contributed by atoms with Gasteiger partial charge in [-0.15, -0.1) is 0 Å². The Bertz CT molecular complexity index is 400. The summed E-state index contributed by atoms with van der Waals surface area (Å²) in [5.41, 5.74) is 2.05. The van der Waals surface area contributed by atoms with Crippen LogP contribution in [0.1, 0.15) is 45.5 Å². The second-order valence-corrected chi connectivity index (χ2v) is 5.90. The van der Waals surface area contributed by atoms with Crippen LogP contribution in [0.25, 0.3) is 0 Å². The van der Waals surface area contributed by atoms with Crippen LogP contribution in [0.3, 0.4) is 0 Å². The molecule has 1 heterocycles. The summed E-state index contributed by atoms with van der Waals surface area (Å²) < 4.78 is 11.1. The van der Waals surface area contributed by atoms with Crippen molar-refractivity contribution in [1.82, 2.24) is 10.3 Å². The van der Waals surface area contributed by atoms with E-state index in [0.717, 1.165) is 36.8 Å². The summed E-state index contributed by atoms with van der Waals surface area (Å²) in [4.78, 5) is 4.57. The molecule has 4 heteroatoms. The Morgan fingerprint density at radius 3 is 2.60 bits per heavy atom. The second-order valence-electron chi connectivity index (χ2n) is 5.90. The molecule has 0 radical (unpaired) electrons. The third-order valence-electron chi connectivity index (χ3n) is 2.75. The van der Waals surface area contributed by atoms with Crippen molar-refractivity contribution in [2.75, 3.05) is 19.8 Å². The Morgan fingerprint density at radius 2 is 1.95 bits per heavy atom. The van der Waals surface area contributed by atoms with Gasteiger partial charge < -0.3 is 14.8 Å². The molecule has 4 nitrogen and oxygen atoms in total. The number of rotatable bonds is 8. The predicted molar refractivity (Wildman–Crippen MR) is 82.2 cm³/mol. The number of hydrogen-bond donors (Lipinski definition) is 1. The monoisotopic (exact) mass is 280 g/mol. The van der Waals surface area contributed by atoms with E-state index in [2.05, 4.69) is 31.1 Å². The van der Waals surface area contributed by atoms with Crippen LogP contribution in [0, 0.1) is 6.92 Å². The van der Waals surface area contributed by atoms with E-state index >= 15 is 0 Å². The zero-order valence-corrected chi connectivity index (χ0v) is 13.5. The van der Waals surface area contributed by atoms with Crippen LogP contribution >= 0.6 is 0 Å². The maximum absolute atomic E-state index is 5.82. The minimum Gasteiger partial charge on any atom is -0.492 e. The molecule has 0 aromatic carbocycles. The lowest BCUT2D eigenvalue weighted by Gasteiger charge is -2.21. The lowest BCUT2D eigenvalue weighted by atomic mass is 10.1. The third kappa shape index (κ3) is 6.87. The fourth-order valence-corrected chi connectivity index (χ4v) is 1.69. The third-order valence-corrected chi connectivity index (χ3v) is 2.75. The molecule has 0 unspecified atom stereocenters. The molecule has 0 saturated heterocycles. The number of aromatic nitrogens is 1. The van der Waals surface area contributed by atoms with Crippen molar-refractivity contribution in [1.29, 1.82) is 0 Å². The van der Waals surface area contributed by atoms with Crippen LogP contribution in [0.5, 0.6) is 5.75 Å². The number of pyridine rings is 1. The van der Waals surface area contributed by atoms with Crippen molar-refractivity contribution in [2.45, 2.75) is 53.1 Å². The van der Waals surface area contributed by atoms with E-state index in [0.29, 0.717) is 13.2 Å². The van der Waals surface area contributed by atoms with E-state index in [-0.39, 0.29) is 5.54 Å². The molecule has 1 aromatic heterocycles. The summed E-state index contributed by atoms with van der Waals surface area (Å²) in [6.07, 6.45) is 0.897. The normalized spacial score (nSPS) is 11.7. The molecule has 0 aliphatic heterocycles. The molecule has 0 amide bonds. The van der Waals surface area contributed by atoms with Gasteiger partial charge in [-0.05, 0) is 46.8 Å². The number of nitrogens with zero attached hydrogens (tertiary/aromatic N) is 1. The van der Waals surface area contributed by atoms with E-state index < -0.39 is 0 Å². The van der Waals surface area contributed by atoms with Crippen LogP contribution in [-0.4, -0.2) is 30.3 Å². The van der Waals surface area contributed by atoms with Crippen molar-refractivity contribution < 1.29 is 9.47 Å². The van der Waals surface area contributed by atoms with Gasteiger partial charge in [0, 0.05) is 37.4 Å². The maximum Gasteiger partial charge on any atom is 0.142 e. The van der Waals surface area contributed by atoms with E-state index in [9.17, 15) is 0 Å². The molecule has 0 spiro atoms. The van der Waals surface area contributed by atoms with E-state index in [1.54, 1.807) is 0 Å². The van der Waals surface area contributed by atoms with Crippen molar-refractivity contribution in [3.8, 4) is 5.75 Å². The van der Waals surface area contributed by atoms with Gasteiger partial charge in [-0.1, -0.05) is 0 Å². The minimum atomic E-state index is 0.0671. The SMILES string of the molecule is CCOCCCOc1ccc(C)nc1CNC(C)(C)C. The van der Waals surface area contributed by atoms with E-state index in [1.807, 2.05) is 26.0 Å². The first-order valence-corrected chi connectivity index (χ1v) is 7.34. The van der Waals surface area contributed by atoms with Crippen LogP contribution in [-0.2, 0) is 11.3 Å². The lowest BCUT2D eigenvalue weighted by molar-refractivity contribution is 0.130. The minimum absolute atomic E-state index is 0.0671. The van der Waals surface area contributed by atoms with Gasteiger partial charge >= 0.3 is 0 Å². The van der Waals surface area contributed by atoms with Crippen LogP contribution in [0.2, 0.25) is 0 Å². The van der Waals surface area contributed by atoms with Gasteiger partial charge in [0.25, 0.3) is 0 Å². The molecule has 0 atom stereocenters. The van der Waals surface area contributed by atoms with Gasteiger partial charge in [-0.3, -0.25) is 4.98 Å². The highest BCUT2D eigenvalue weighted by Crippen LogP contribution is 2.18. The van der Waals surface area contributed by atoms with Gasteiger partial charge in [-0.25, -0.2) is 0 Å². The van der Waals surface area contributed by atoms with Crippen molar-refractivity contribution in [3.05, 3.63) is 23.5 Å². The quantitative estimate of drug-likeness (QED) is 0.743. The average Bonchev–Trinajstić information content (AvgIpc) is 2.37. The fraction of sp³-hybridized carbons (Fsp3) is 0.688. The summed E-state index contributed by atoms with van der Waals surface area (Å²) in [6.45, 7) is 13.3. The summed E-state index contributed by atoms with van der Waals surface area (Å²) >= 11 is 0. The maximum atomic E-state index is 5.82. The molecule has 0 fully saturated rings. The van der Waals surface area contributed by atoms with Gasteiger partial charge in [0.15, 0.2) is 0 Å². The first-order valence-electron chi connectivity index (χ1n) is 7.34. The van der Waals surface area contributed by atoms with Crippen LogP contribution < -0.4 is 10.1 Å². The molecule has 0 saturated carbocycles. The first kappa shape index (κ1) is 16.9. The molecule has 20 heavy (non-hydrogen) atoms. The van der Waals surface area contributed by atoms with Crippen molar-refractivity contribution in [2.24, 2.45) is 0 Å². The molecular weight excluding hydrogens is 252 g/mol. The van der Waals surface area contributed by atoms with Gasteiger partial charge in [0.05, 0.1) is 12.3 Å². The highest BCUT2D eigenvalue weighted by Gasteiger charge is 2.12. The molecule has 1 rings (SSSR count). The number of aryl methyl sites for hydroxylation is 1. The second kappa shape index (κ2) is 8.22. The van der Waals surface area contributed by atoms with E-state index in [1.165, 1.54) is 0 Å². The first-order chi connectivity index (χ1) is 9.42. The van der Waals surface area contributed by atoms with Crippen LogP contribution in [0.15, 0.2) is 12.1 Å². The lowest BCUT2D eigenvalue weighted by Crippen LogP contribution is -2.35. The molecule has 0 bridgehead atoms. The Hall–Kier alpha value is -1.13. The number of hydrogen-bond acceptors (Lipinski definition) is 4. The topological polar surface area (TPSA) is 43.4 Å². The molecule has 1 aromatic rings. The zero-order chi connectivity index (χ0) is 15.0. The predicted octanol–water partition coefficient (Wildman–Crippen LogP) is 3.08. The average molecular weight is 280 g/mol. The number of ether oxygens (including phenoxy) is 2. The highest BCUT2D eigenvalue weighted by atomic mass is 16.5. The highest BCUT2D eigenvalue weighted by molar-refractivity contribution is 5.29. The summed E-state index contributed by atoms with van der Waals surface area (Å²) in [5, 5.41) is 3.45. The van der Waals surface area contributed by atoms with Crippen LogP contribution in [0.4, 0.5) is 0 Å². The summed E-state index contributed by atoms with van der Waals surface area (Å²) in [7, 11) is 0. The molecular formula is C16H28N2O2. The zero-order valence-electron chi connectivity index (χ0n) is 13.5. The van der Waals surface area contributed by atoms with E-state index in [4.69, 9.17) is 9.47 Å². The van der Waals surface area contributed by atoms with Gasteiger partial charge in [0.2, 0.25) is 0 Å². The molecule has 114 valence electrons. The molecule has 1 N–H and O–H groups in total. The number of nitrogens with one attached hydrogen (secondary N) is 1. The Labute approximate surface area is 122 Å². The fourth-order valence-electron chi connectivity index (χ4n) is 1.69. The van der Waals surface area contributed by atoms with Gasteiger partial charge in [-0.2, -0.15) is 0 Å². The smallest absolute Gasteiger partial charge is 0.142 e. The Kier molecular flexibility index (Phi) is 6.96. The van der Waals surface area contributed by atoms with Crippen molar-refractivity contribution >= 4 is 0 Å². The molecule has 0 aliphatic carbocycles.